The van der Waals surface area contributed by atoms with Crippen molar-refractivity contribution in [1.29, 1.82) is 0 Å². The van der Waals surface area contributed by atoms with Gasteiger partial charge in [0.1, 0.15) is 16.3 Å². The first kappa shape index (κ1) is 16.8. The van der Waals surface area contributed by atoms with Crippen LogP contribution >= 0.6 is 11.3 Å². The van der Waals surface area contributed by atoms with E-state index in [2.05, 4.69) is 10.3 Å². The molecular weight excluding hydrogens is 372 g/mol. The van der Waals surface area contributed by atoms with E-state index in [9.17, 15) is 14.9 Å². The number of para-hydroxylation sites is 1. The van der Waals surface area contributed by atoms with E-state index in [4.69, 9.17) is 15.2 Å². The molecule has 2 aromatic carbocycles. The molecule has 3 aromatic rings. The van der Waals surface area contributed by atoms with Gasteiger partial charge < -0.3 is 20.5 Å². The number of hydrogen-bond acceptors (Lipinski definition) is 9. The third-order valence-electron chi connectivity index (χ3n) is 3.83. The van der Waals surface area contributed by atoms with Gasteiger partial charge in [0, 0.05) is 17.8 Å². The predicted molar refractivity (Wildman–Crippen MR) is 98.9 cm³/mol. The van der Waals surface area contributed by atoms with Gasteiger partial charge in [-0.15, -0.1) is 0 Å². The van der Waals surface area contributed by atoms with Gasteiger partial charge in [-0.1, -0.05) is 23.5 Å². The highest BCUT2D eigenvalue weighted by Gasteiger charge is 2.25. The van der Waals surface area contributed by atoms with Crippen molar-refractivity contribution < 1.29 is 19.2 Å². The lowest BCUT2D eigenvalue weighted by atomic mass is 10.1. The summed E-state index contributed by atoms with van der Waals surface area (Å²) in [6.45, 7) is 0.164. The summed E-state index contributed by atoms with van der Waals surface area (Å²) >= 11 is 1.02. The van der Waals surface area contributed by atoms with Gasteiger partial charge in [0.15, 0.2) is 16.6 Å². The number of benzene rings is 2. The summed E-state index contributed by atoms with van der Waals surface area (Å²) in [5.41, 5.74) is 6.24. The third kappa shape index (κ3) is 3.13. The Kier molecular flexibility index (Phi) is 4.09. The molecule has 0 bridgehead atoms. The SMILES string of the molecule is Nc1nc(Nc2ccc3c(c2)OCO3)sc1C(=O)c1ccccc1[N+](=O)[O-]. The van der Waals surface area contributed by atoms with Crippen LogP contribution in [0.15, 0.2) is 42.5 Å². The van der Waals surface area contributed by atoms with Crippen LogP contribution in [0.5, 0.6) is 11.5 Å². The predicted octanol–water partition coefficient (Wildman–Crippen LogP) is 3.34. The van der Waals surface area contributed by atoms with E-state index in [0.29, 0.717) is 22.3 Å². The summed E-state index contributed by atoms with van der Waals surface area (Å²) in [4.78, 5) is 27.6. The second-order valence-electron chi connectivity index (χ2n) is 5.53. The number of carbonyl (C=O) groups is 1. The number of nitrogens with zero attached hydrogens (tertiary/aromatic N) is 2. The van der Waals surface area contributed by atoms with Crippen molar-refractivity contribution in [2.75, 3.05) is 17.8 Å². The molecule has 0 amide bonds. The van der Waals surface area contributed by atoms with Gasteiger partial charge >= 0.3 is 0 Å². The van der Waals surface area contributed by atoms with Crippen LogP contribution in [0.4, 0.5) is 22.3 Å². The van der Waals surface area contributed by atoms with E-state index >= 15 is 0 Å². The second-order valence-corrected chi connectivity index (χ2v) is 6.53. The Hall–Kier alpha value is -3.66. The summed E-state index contributed by atoms with van der Waals surface area (Å²) in [5.74, 6) is 0.703. The number of nitrogens with one attached hydrogen (secondary N) is 1. The average molecular weight is 384 g/mol. The Labute approximate surface area is 156 Å². The molecule has 0 aliphatic carbocycles. The molecule has 1 aliphatic rings. The van der Waals surface area contributed by atoms with Crippen molar-refractivity contribution in [1.82, 2.24) is 4.98 Å². The van der Waals surface area contributed by atoms with Crippen LogP contribution in [-0.2, 0) is 0 Å². The zero-order chi connectivity index (χ0) is 19.0. The van der Waals surface area contributed by atoms with Gasteiger partial charge in [-0.25, -0.2) is 4.98 Å². The molecule has 9 nitrogen and oxygen atoms in total. The minimum atomic E-state index is -0.601. The number of carbonyl (C=O) groups excluding carboxylic acids is 1. The standard InChI is InChI=1S/C17H12N4O5S/c18-16-15(14(22)10-3-1-2-4-11(10)21(23)24)27-17(20-16)19-9-5-6-12-13(7-9)26-8-25-12/h1-7H,8,18H2,(H,19,20). The van der Waals surface area contributed by atoms with E-state index in [0.717, 1.165) is 11.3 Å². The van der Waals surface area contributed by atoms with Gasteiger partial charge in [0.25, 0.3) is 5.69 Å². The highest BCUT2D eigenvalue weighted by Crippen LogP contribution is 2.37. The molecule has 2 heterocycles. The van der Waals surface area contributed by atoms with Crippen LogP contribution in [0, 0.1) is 10.1 Å². The molecule has 1 aliphatic heterocycles. The fraction of sp³-hybridized carbons (Fsp3) is 0.0588. The summed E-state index contributed by atoms with van der Waals surface area (Å²) in [6.07, 6.45) is 0. The van der Waals surface area contributed by atoms with Crippen molar-refractivity contribution in [2.45, 2.75) is 0 Å². The molecule has 10 heteroatoms. The molecule has 3 N–H and O–H groups in total. The van der Waals surface area contributed by atoms with Gasteiger partial charge in [0.2, 0.25) is 12.6 Å². The summed E-state index contributed by atoms with van der Waals surface area (Å²) in [7, 11) is 0. The normalized spacial score (nSPS) is 12.0. The number of aromatic nitrogens is 1. The largest absolute Gasteiger partial charge is 0.454 e. The monoisotopic (exact) mass is 384 g/mol. The number of thiazole rings is 1. The lowest BCUT2D eigenvalue weighted by Gasteiger charge is -2.03. The Bertz CT molecular complexity index is 1070. The molecule has 1 aromatic heterocycles. The molecule has 0 unspecified atom stereocenters. The fourth-order valence-corrected chi connectivity index (χ4v) is 3.45. The Morgan fingerprint density at radius 2 is 2.00 bits per heavy atom. The molecule has 0 saturated heterocycles. The number of nitrogen functional groups attached to an aromatic ring is 1. The van der Waals surface area contributed by atoms with Crippen LogP contribution in [-0.4, -0.2) is 22.5 Å². The van der Waals surface area contributed by atoms with E-state index in [1.165, 1.54) is 18.2 Å². The molecule has 0 fully saturated rings. The molecule has 0 atom stereocenters. The van der Waals surface area contributed by atoms with Crippen molar-refractivity contribution in [3.8, 4) is 11.5 Å². The first-order chi connectivity index (χ1) is 13.0. The quantitative estimate of drug-likeness (QED) is 0.389. The Balaban J connectivity index is 1.62. The van der Waals surface area contributed by atoms with Crippen molar-refractivity contribution >= 4 is 39.4 Å². The van der Waals surface area contributed by atoms with E-state index in [1.807, 2.05) is 0 Å². The lowest BCUT2D eigenvalue weighted by Crippen LogP contribution is -2.06. The van der Waals surface area contributed by atoms with Crippen LogP contribution in [0.2, 0.25) is 0 Å². The van der Waals surface area contributed by atoms with Gasteiger partial charge in [-0.2, -0.15) is 0 Å². The van der Waals surface area contributed by atoms with E-state index in [1.54, 1.807) is 24.3 Å². The molecule has 0 radical (unpaired) electrons. The number of nitro benzene ring substituents is 1. The lowest BCUT2D eigenvalue weighted by molar-refractivity contribution is -0.385. The van der Waals surface area contributed by atoms with Crippen molar-refractivity contribution in [3.63, 3.8) is 0 Å². The van der Waals surface area contributed by atoms with Crippen LogP contribution in [0.1, 0.15) is 15.2 Å². The number of fused-ring (bicyclic) bond motifs is 1. The van der Waals surface area contributed by atoms with Crippen LogP contribution < -0.4 is 20.5 Å². The first-order valence-electron chi connectivity index (χ1n) is 7.74. The van der Waals surface area contributed by atoms with Crippen LogP contribution in [0.25, 0.3) is 0 Å². The van der Waals surface area contributed by atoms with Crippen molar-refractivity contribution in [3.05, 3.63) is 63.0 Å². The smallest absolute Gasteiger partial charge is 0.280 e. The minimum Gasteiger partial charge on any atom is -0.454 e. The fourth-order valence-electron chi connectivity index (χ4n) is 2.59. The average Bonchev–Trinajstić information content (AvgIpc) is 3.27. The molecule has 0 saturated carbocycles. The molecular formula is C17H12N4O5S. The van der Waals surface area contributed by atoms with E-state index < -0.39 is 10.7 Å². The van der Waals surface area contributed by atoms with Crippen molar-refractivity contribution in [2.24, 2.45) is 0 Å². The maximum Gasteiger partial charge on any atom is 0.280 e. The van der Waals surface area contributed by atoms with E-state index in [-0.39, 0.29) is 28.7 Å². The number of rotatable bonds is 5. The highest BCUT2D eigenvalue weighted by atomic mass is 32.1. The Morgan fingerprint density at radius 1 is 1.22 bits per heavy atom. The summed E-state index contributed by atoms with van der Waals surface area (Å²) < 4.78 is 10.6. The highest BCUT2D eigenvalue weighted by molar-refractivity contribution is 7.18. The third-order valence-corrected chi connectivity index (χ3v) is 4.81. The van der Waals surface area contributed by atoms with Gasteiger partial charge in [-0.3, -0.25) is 14.9 Å². The summed E-state index contributed by atoms with van der Waals surface area (Å²) in [6, 6.07) is 11.0. The number of ketones is 1. The topological polar surface area (TPSA) is 130 Å². The number of anilines is 3. The number of nitro groups is 1. The van der Waals surface area contributed by atoms with Gasteiger partial charge in [-0.05, 0) is 18.2 Å². The summed E-state index contributed by atoms with van der Waals surface area (Å²) in [5, 5.41) is 14.6. The Morgan fingerprint density at radius 3 is 2.81 bits per heavy atom. The number of hydrogen-bond donors (Lipinski definition) is 2. The van der Waals surface area contributed by atoms with Gasteiger partial charge in [0.05, 0.1) is 4.92 Å². The number of nitrogens with two attached hydrogens (primary N) is 1. The molecule has 4 rings (SSSR count). The maximum atomic E-state index is 12.7. The second kappa shape index (κ2) is 6.57. The zero-order valence-electron chi connectivity index (χ0n) is 13.7. The molecule has 136 valence electrons. The van der Waals surface area contributed by atoms with Crippen LogP contribution in [0.3, 0.4) is 0 Å². The molecule has 0 spiro atoms. The number of ether oxygens (including phenoxy) is 2. The maximum absolute atomic E-state index is 12.7. The first-order valence-corrected chi connectivity index (χ1v) is 8.55. The molecule has 27 heavy (non-hydrogen) atoms. The minimum absolute atomic E-state index is 0.00592. The zero-order valence-corrected chi connectivity index (χ0v) is 14.5.